The van der Waals surface area contributed by atoms with Crippen LogP contribution in [-0.2, 0) is 0 Å². The van der Waals surface area contributed by atoms with E-state index in [1.54, 1.807) is 11.3 Å². The molecule has 0 bridgehead atoms. The van der Waals surface area contributed by atoms with Crippen molar-refractivity contribution in [1.29, 1.82) is 0 Å². The molecule has 4 nitrogen and oxygen atoms in total. The van der Waals surface area contributed by atoms with Gasteiger partial charge in [0.2, 0.25) is 5.89 Å². The number of oxazole rings is 1. The van der Waals surface area contributed by atoms with Gasteiger partial charge < -0.3 is 13.7 Å². The predicted molar refractivity (Wildman–Crippen MR) is 200 cm³/mol. The zero-order chi connectivity index (χ0) is 31.6. The summed E-state index contributed by atoms with van der Waals surface area (Å²) in [5.41, 5.74) is 10.0. The lowest BCUT2D eigenvalue weighted by atomic mass is 10.0. The normalized spacial score (nSPS) is 11.8. The average Bonchev–Trinajstić information content (AvgIpc) is 3.84. The molecule has 0 fully saturated rings. The second-order valence-electron chi connectivity index (χ2n) is 12.0. The second-order valence-corrected chi connectivity index (χ2v) is 13.1. The zero-order valence-electron chi connectivity index (χ0n) is 25.6. The monoisotopic (exact) mass is 634 g/mol. The first-order chi connectivity index (χ1) is 23.7. The van der Waals surface area contributed by atoms with Crippen LogP contribution < -0.4 is 4.90 Å². The Balaban J connectivity index is 1.01. The molecule has 10 rings (SSSR count). The summed E-state index contributed by atoms with van der Waals surface area (Å²) in [6, 6.07) is 55.1. The van der Waals surface area contributed by atoms with Crippen molar-refractivity contribution in [1.82, 2.24) is 4.98 Å². The van der Waals surface area contributed by atoms with Crippen LogP contribution in [0.15, 0.2) is 167 Å². The number of thiophene rings is 1. The Kier molecular flexibility index (Phi) is 6.01. The third-order valence-electron chi connectivity index (χ3n) is 9.10. The molecule has 0 aliphatic heterocycles. The first kappa shape index (κ1) is 27.0. The Hall–Kier alpha value is -6.17. The van der Waals surface area contributed by atoms with E-state index in [0.717, 1.165) is 55.7 Å². The van der Waals surface area contributed by atoms with Crippen LogP contribution in [0.5, 0.6) is 0 Å². The van der Waals surface area contributed by atoms with Gasteiger partial charge in [-0.05, 0) is 77.9 Å². The molecule has 0 aliphatic rings. The van der Waals surface area contributed by atoms with Gasteiger partial charge in [0, 0.05) is 65.7 Å². The van der Waals surface area contributed by atoms with Crippen molar-refractivity contribution in [3.8, 4) is 22.6 Å². The van der Waals surface area contributed by atoms with Crippen molar-refractivity contribution in [2.45, 2.75) is 0 Å². The topological polar surface area (TPSA) is 42.4 Å². The minimum absolute atomic E-state index is 0.652. The number of rotatable bonds is 5. The quantitative estimate of drug-likeness (QED) is 0.189. The predicted octanol–water partition coefficient (Wildman–Crippen LogP) is 12.9. The third-order valence-corrected chi connectivity index (χ3v) is 10.2. The first-order valence-corrected chi connectivity index (χ1v) is 16.8. The first-order valence-electron chi connectivity index (χ1n) is 15.9. The highest BCUT2D eigenvalue weighted by Gasteiger charge is 2.17. The van der Waals surface area contributed by atoms with Crippen molar-refractivity contribution in [3.05, 3.63) is 158 Å². The van der Waals surface area contributed by atoms with E-state index in [1.165, 1.54) is 31.3 Å². The van der Waals surface area contributed by atoms with Crippen LogP contribution in [0, 0.1) is 0 Å². The smallest absolute Gasteiger partial charge is 0.227 e. The number of aromatic nitrogens is 1. The van der Waals surface area contributed by atoms with Crippen LogP contribution in [0.2, 0.25) is 0 Å². The molecule has 5 heteroatoms. The molecule has 0 N–H and O–H groups in total. The standard InChI is InChI=1S/C43H26N2O2S/c1-3-9-28(10-4-1)43-44-37-25-36-35-21-17-29(23-41(35)48-42(36)26-40(37)47-43)27-15-18-31(19-16-27)45(30-11-5-2-6-12-30)32-20-22-34-33-13-7-8-14-38(33)46-39(34)24-32/h1-26H. The fraction of sp³-hybridized carbons (Fsp3) is 0. The van der Waals surface area contributed by atoms with Gasteiger partial charge in [-0.1, -0.05) is 78.9 Å². The summed E-state index contributed by atoms with van der Waals surface area (Å²) in [5, 5.41) is 4.69. The van der Waals surface area contributed by atoms with E-state index >= 15 is 0 Å². The highest BCUT2D eigenvalue weighted by atomic mass is 32.1. The Morgan fingerprint density at radius 2 is 1.08 bits per heavy atom. The molecule has 3 aromatic heterocycles. The number of hydrogen-bond donors (Lipinski definition) is 0. The van der Waals surface area contributed by atoms with E-state index in [9.17, 15) is 0 Å². The lowest BCUT2D eigenvalue weighted by Gasteiger charge is -2.25. The molecule has 0 spiro atoms. The van der Waals surface area contributed by atoms with Gasteiger partial charge in [0.25, 0.3) is 0 Å². The molecular formula is C43H26N2O2S. The lowest BCUT2D eigenvalue weighted by molar-refractivity contribution is 0.620. The molecule has 0 atom stereocenters. The van der Waals surface area contributed by atoms with E-state index in [4.69, 9.17) is 13.8 Å². The van der Waals surface area contributed by atoms with E-state index in [1.807, 2.05) is 48.5 Å². The van der Waals surface area contributed by atoms with Gasteiger partial charge in [0.05, 0.1) is 0 Å². The van der Waals surface area contributed by atoms with Crippen LogP contribution in [0.25, 0.3) is 75.8 Å². The Labute approximate surface area is 279 Å². The molecule has 3 heterocycles. The van der Waals surface area contributed by atoms with Gasteiger partial charge in [-0.2, -0.15) is 0 Å². The Morgan fingerprint density at radius 1 is 0.417 bits per heavy atom. The SMILES string of the molecule is c1ccc(-c2nc3cc4c(cc3o2)sc2cc(-c3ccc(N(c5ccccc5)c5ccc6c(c5)oc5ccccc56)cc3)ccc24)cc1. The number of benzene rings is 7. The van der Waals surface area contributed by atoms with Crippen LogP contribution >= 0.6 is 11.3 Å². The second kappa shape index (κ2) is 10.7. The van der Waals surface area contributed by atoms with Gasteiger partial charge in [-0.3, -0.25) is 0 Å². The maximum absolute atomic E-state index is 6.26. The molecule has 226 valence electrons. The molecule has 0 radical (unpaired) electrons. The highest BCUT2D eigenvalue weighted by molar-refractivity contribution is 7.25. The molecule has 48 heavy (non-hydrogen) atoms. The number of fused-ring (bicyclic) bond motifs is 7. The van der Waals surface area contributed by atoms with Crippen molar-refractivity contribution in [3.63, 3.8) is 0 Å². The fourth-order valence-corrected chi connectivity index (χ4v) is 7.92. The van der Waals surface area contributed by atoms with Gasteiger partial charge >= 0.3 is 0 Å². The number of para-hydroxylation sites is 2. The zero-order valence-corrected chi connectivity index (χ0v) is 26.4. The van der Waals surface area contributed by atoms with Crippen LogP contribution in [-0.4, -0.2) is 4.98 Å². The van der Waals surface area contributed by atoms with Gasteiger partial charge in [0.1, 0.15) is 16.7 Å². The summed E-state index contributed by atoms with van der Waals surface area (Å²) >= 11 is 1.79. The molecular weight excluding hydrogens is 609 g/mol. The molecule has 0 amide bonds. The van der Waals surface area contributed by atoms with Crippen LogP contribution in [0.3, 0.4) is 0 Å². The van der Waals surface area contributed by atoms with Crippen molar-refractivity contribution >= 4 is 81.6 Å². The van der Waals surface area contributed by atoms with E-state index in [2.05, 4.69) is 114 Å². The maximum Gasteiger partial charge on any atom is 0.227 e. The lowest BCUT2D eigenvalue weighted by Crippen LogP contribution is -2.09. The van der Waals surface area contributed by atoms with Crippen molar-refractivity contribution in [2.24, 2.45) is 0 Å². The van der Waals surface area contributed by atoms with Gasteiger partial charge in [0.15, 0.2) is 5.58 Å². The molecule has 0 saturated heterocycles. The van der Waals surface area contributed by atoms with Crippen LogP contribution in [0.1, 0.15) is 0 Å². The molecule has 7 aromatic carbocycles. The number of hydrogen-bond acceptors (Lipinski definition) is 5. The summed E-state index contributed by atoms with van der Waals surface area (Å²) in [4.78, 5) is 7.08. The molecule has 10 aromatic rings. The summed E-state index contributed by atoms with van der Waals surface area (Å²) in [7, 11) is 0. The highest BCUT2D eigenvalue weighted by Crippen LogP contribution is 2.41. The maximum atomic E-state index is 6.26. The molecule has 0 unspecified atom stereocenters. The summed E-state index contributed by atoms with van der Waals surface area (Å²) < 4.78 is 14.9. The summed E-state index contributed by atoms with van der Waals surface area (Å²) in [6.07, 6.45) is 0. The Bertz CT molecular complexity index is 2780. The van der Waals surface area contributed by atoms with E-state index < -0.39 is 0 Å². The fourth-order valence-electron chi connectivity index (χ4n) is 6.76. The van der Waals surface area contributed by atoms with Crippen molar-refractivity contribution < 1.29 is 8.83 Å². The van der Waals surface area contributed by atoms with Crippen molar-refractivity contribution in [2.75, 3.05) is 4.90 Å². The number of nitrogens with zero attached hydrogens (tertiary/aromatic N) is 2. The summed E-state index contributed by atoms with van der Waals surface area (Å²) in [5.74, 6) is 0.652. The largest absolute Gasteiger partial charge is 0.456 e. The van der Waals surface area contributed by atoms with Gasteiger partial charge in [-0.25, -0.2) is 4.98 Å². The van der Waals surface area contributed by atoms with E-state index in [0.29, 0.717) is 5.89 Å². The number of furan rings is 1. The summed E-state index contributed by atoms with van der Waals surface area (Å²) in [6.45, 7) is 0. The number of anilines is 3. The average molecular weight is 635 g/mol. The van der Waals surface area contributed by atoms with E-state index in [-0.39, 0.29) is 0 Å². The van der Waals surface area contributed by atoms with Gasteiger partial charge in [-0.15, -0.1) is 11.3 Å². The third kappa shape index (κ3) is 4.40. The minimum atomic E-state index is 0.652. The molecule has 0 saturated carbocycles. The minimum Gasteiger partial charge on any atom is -0.456 e. The molecule has 0 aliphatic carbocycles. The Morgan fingerprint density at radius 3 is 1.94 bits per heavy atom. The van der Waals surface area contributed by atoms with Crippen LogP contribution in [0.4, 0.5) is 17.1 Å².